The van der Waals surface area contributed by atoms with Gasteiger partial charge in [-0.05, 0) is 35.9 Å². The average Bonchev–Trinajstić information content (AvgIpc) is 2.45. The molecule has 0 bridgehead atoms. The molecule has 2 aromatic carbocycles. The molecule has 1 N–H and O–H groups in total. The molecular formula is C15H15Br2NO2. The minimum atomic E-state index is 0.692. The molecular weight excluding hydrogens is 386 g/mol. The molecule has 0 saturated heterocycles. The van der Waals surface area contributed by atoms with Crippen molar-refractivity contribution in [3.8, 4) is 11.5 Å². The van der Waals surface area contributed by atoms with E-state index >= 15 is 0 Å². The van der Waals surface area contributed by atoms with Crippen LogP contribution in [0.15, 0.2) is 45.3 Å². The highest BCUT2D eigenvalue weighted by atomic mass is 79.9. The summed E-state index contributed by atoms with van der Waals surface area (Å²) in [6.07, 6.45) is 0. The van der Waals surface area contributed by atoms with Crippen molar-refractivity contribution in [1.82, 2.24) is 0 Å². The van der Waals surface area contributed by atoms with Crippen molar-refractivity contribution in [3.05, 3.63) is 50.9 Å². The SMILES string of the molecule is COc1cc(Br)c(CNc2cccc(Br)c2)cc1OC. The molecule has 0 amide bonds. The summed E-state index contributed by atoms with van der Waals surface area (Å²) >= 11 is 7.01. The summed E-state index contributed by atoms with van der Waals surface area (Å²) in [6, 6.07) is 11.9. The molecule has 0 aliphatic carbocycles. The van der Waals surface area contributed by atoms with E-state index in [4.69, 9.17) is 9.47 Å². The van der Waals surface area contributed by atoms with Gasteiger partial charge in [0.05, 0.1) is 14.2 Å². The van der Waals surface area contributed by atoms with Gasteiger partial charge in [-0.2, -0.15) is 0 Å². The van der Waals surface area contributed by atoms with Gasteiger partial charge in [0.25, 0.3) is 0 Å². The van der Waals surface area contributed by atoms with Crippen LogP contribution in [-0.4, -0.2) is 14.2 Å². The number of hydrogen-bond acceptors (Lipinski definition) is 3. The maximum absolute atomic E-state index is 5.32. The van der Waals surface area contributed by atoms with Gasteiger partial charge in [0, 0.05) is 21.2 Å². The Labute approximate surface area is 135 Å². The van der Waals surface area contributed by atoms with Crippen LogP contribution in [0.2, 0.25) is 0 Å². The van der Waals surface area contributed by atoms with Gasteiger partial charge in [-0.15, -0.1) is 0 Å². The monoisotopic (exact) mass is 399 g/mol. The smallest absolute Gasteiger partial charge is 0.161 e. The highest BCUT2D eigenvalue weighted by Gasteiger charge is 2.09. The Morgan fingerprint density at radius 1 is 1.00 bits per heavy atom. The van der Waals surface area contributed by atoms with E-state index in [0.29, 0.717) is 12.3 Å². The van der Waals surface area contributed by atoms with Gasteiger partial charge in [0.2, 0.25) is 0 Å². The lowest BCUT2D eigenvalue weighted by atomic mass is 10.2. The van der Waals surface area contributed by atoms with E-state index in [0.717, 1.165) is 25.9 Å². The van der Waals surface area contributed by atoms with Gasteiger partial charge < -0.3 is 14.8 Å². The topological polar surface area (TPSA) is 30.5 Å². The van der Waals surface area contributed by atoms with Crippen molar-refractivity contribution in [1.29, 1.82) is 0 Å². The van der Waals surface area contributed by atoms with Crippen molar-refractivity contribution in [2.24, 2.45) is 0 Å². The predicted molar refractivity (Wildman–Crippen MR) is 88.7 cm³/mol. The van der Waals surface area contributed by atoms with Crippen LogP contribution < -0.4 is 14.8 Å². The van der Waals surface area contributed by atoms with E-state index in [9.17, 15) is 0 Å². The molecule has 2 aromatic rings. The zero-order valence-corrected chi connectivity index (χ0v) is 14.4. The minimum Gasteiger partial charge on any atom is -0.493 e. The first-order valence-electron chi connectivity index (χ1n) is 6.04. The third kappa shape index (κ3) is 3.67. The van der Waals surface area contributed by atoms with Crippen molar-refractivity contribution in [2.75, 3.05) is 19.5 Å². The van der Waals surface area contributed by atoms with Crippen molar-refractivity contribution < 1.29 is 9.47 Å². The fraction of sp³-hybridized carbons (Fsp3) is 0.200. The van der Waals surface area contributed by atoms with Gasteiger partial charge in [-0.25, -0.2) is 0 Å². The Balaban J connectivity index is 2.17. The summed E-state index contributed by atoms with van der Waals surface area (Å²) in [5.41, 5.74) is 2.16. The zero-order valence-electron chi connectivity index (χ0n) is 11.2. The molecule has 0 heterocycles. The summed E-state index contributed by atoms with van der Waals surface area (Å²) in [6.45, 7) is 0.692. The normalized spacial score (nSPS) is 10.2. The first-order chi connectivity index (χ1) is 9.63. The van der Waals surface area contributed by atoms with E-state index in [1.54, 1.807) is 14.2 Å². The number of nitrogens with one attached hydrogen (secondary N) is 1. The fourth-order valence-corrected chi connectivity index (χ4v) is 2.69. The largest absolute Gasteiger partial charge is 0.493 e. The summed E-state index contributed by atoms with van der Waals surface area (Å²) in [5.74, 6) is 1.44. The molecule has 0 aromatic heterocycles. The number of halogens is 2. The second-order valence-electron chi connectivity index (χ2n) is 4.16. The number of rotatable bonds is 5. The Kier molecular flexibility index (Phi) is 5.31. The molecule has 0 aliphatic heterocycles. The molecule has 2 rings (SSSR count). The molecule has 0 fully saturated rings. The fourth-order valence-electron chi connectivity index (χ4n) is 1.83. The summed E-state index contributed by atoms with van der Waals surface area (Å²) in [4.78, 5) is 0. The van der Waals surface area contributed by atoms with Gasteiger partial charge in [0.1, 0.15) is 0 Å². The van der Waals surface area contributed by atoms with Crippen LogP contribution >= 0.6 is 31.9 Å². The number of hydrogen-bond donors (Lipinski definition) is 1. The van der Waals surface area contributed by atoms with Crippen LogP contribution in [0.4, 0.5) is 5.69 Å². The summed E-state index contributed by atoms with van der Waals surface area (Å²) in [7, 11) is 3.26. The van der Waals surface area contributed by atoms with Crippen LogP contribution in [0.1, 0.15) is 5.56 Å². The van der Waals surface area contributed by atoms with Gasteiger partial charge >= 0.3 is 0 Å². The molecule has 0 radical (unpaired) electrons. The van der Waals surface area contributed by atoms with Gasteiger partial charge in [-0.3, -0.25) is 0 Å². The van der Waals surface area contributed by atoms with E-state index < -0.39 is 0 Å². The minimum absolute atomic E-state index is 0.692. The quantitative estimate of drug-likeness (QED) is 0.778. The lowest BCUT2D eigenvalue weighted by Crippen LogP contribution is -2.01. The van der Waals surface area contributed by atoms with Crippen LogP contribution in [0, 0.1) is 0 Å². The lowest BCUT2D eigenvalue weighted by molar-refractivity contribution is 0.354. The zero-order chi connectivity index (χ0) is 14.5. The van der Waals surface area contributed by atoms with Crippen molar-refractivity contribution in [2.45, 2.75) is 6.54 Å². The molecule has 20 heavy (non-hydrogen) atoms. The third-order valence-electron chi connectivity index (χ3n) is 2.86. The maximum Gasteiger partial charge on any atom is 0.161 e. The Bertz CT molecular complexity index is 602. The van der Waals surface area contributed by atoms with Crippen LogP contribution in [-0.2, 0) is 6.54 Å². The van der Waals surface area contributed by atoms with Gasteiger partial charge in [-0.1, -0.05) is 37.9 Å². The Hall–Kier alpha value is -1.20. The Morgan fingerprint density at radius 2 is 1.70 bits per heavy atom. The van der Waals surface area contributed by atoms with Gasteiger partial charge in [0.15, 0.2) is 11.5 Å². The molecule has 106 valence electrons. The van der Waals surface area contributed by atoms with E-state index in [-0.39, 0.29) is 0 Å². The molecule has 3 nitrogen and oxygen atoms in total. The third-order valence-corrected chi connectivity index (χ3v) is 4.09. The van der Waals surface area contributed by atoms with Crippen LogP contribution in [0.3, 0.4) is 0 Å². The summed E-state index contributed by atoms with van der Waals surface area (Å²) < 4.78 is 12.6. The maximum atomic E-state index is 5.32. The molecule has 0 spiro atoms. The van der Waals surface area contributed by atoms with E-state index in [1.165, 1.54) is 0 Å². The highest BCUT2D eigenvalue weighted by molar-refractivity contribution is 9.10. The predicted octanol–water partition coefficient (Wildman–Crippen LogP) is 4.84. The number of anilines is 1. The van der Waals surface area contributed by atoms with Crippen molar-refractivity contribution >= 4 is 37.5 Å². The molecule has 5 heteroatoms. The second kappa shape index (κ2) is 6.99. The lowest BCUT2D eigenvalue weighted by Gasteiger charge is -2.13. The van der Waals surface area contributed by atoms with E-state index in [2.05, 4.69) is 37.2 Å². The van der Waals surface area contributed by atoms with E-state index in [1.807, 2.05) is 36.4 Å². The first kappa shape index (κ1) is 15.2. The standard InChI is InChI=1S/C15H15Br2NO2/c1-19-14-6-10(13(17)8-15(14)20-2)9-18-12-5-3-4-11(16)7-12/h3-8,18H,9H2,1-2H3. The van der Waals surface area contributed by atoms with Crippen LogP contribution in [0.5, 0.6) is 11.5 Å². The van der Waals surface area contributed by atoms with Crippen molar-refractivity contribution in [3.63, 3.8) is 0 Å². The average molecular weight is 401 g/mol. The molecule has 0 saturated carbocycles. The highest BCUT2D eigenvalue weighted by Crippen LogP contribution is 2.33. The molecule has 0 unspecified atom stereocenters. The number of ether oxygens (including phenoxy) is 2. The van der Waals surface area contributed by atoms with Crippen LogP contribution in [0.25, 0.3) is 0 Å². The second-order valence-corrected chi connectivity index (χ2v) is 5.93. The number of methoxy groups -OCH3 is 2. The molecule has 0 atom stereocenters. The first-order valence-corrected chi connectivity index (χ1v) is 7.62. The molecule has 0 aliphatic rings. The Morgan fingerprint density at radius 3 is 2.35 bits per heavy atom. The summed E-state index contributed by atoms with van der Waals surface area (Å²) in [5, 5.41) is 3.38. The number of benzene rings is 2.